The molecule has 9 heteroatoms. The first-order chi connectivity index (χ1) is 11.0. The molecule has 0 radical (unpaired) electrons. The summed E-state index contributed by atoms with van der Waals surface area (Å²) in [5, 5.41) is 6.58. The molecule has 2 heterocycles. The second-order valence-corrected chi connectivity index (χ2v) is 5.35. The van der Waals surface area contributed by atoms with E-state index >= 15 is 0 Å². The first-order valence-electron chi connectivity index (χ1n) is 6.39. The Bertz CT molecular complexity index is 869. The maximum absolute atomic E-state index is 12.4. The van der Waals surface area contributed by atoms with E-state index in [1.807, 2.05) is 0 Å². The van der Waals surface area contributed by atoms with E-state index in [1.165, 1.54) is 28.8 Å². The van der Waals surface area contributed by atoms with E-state index in [2.05, 4.69) is 36.1 Å². The molecule has 0 atom stereocenters. The minimum atomic E-state index is -2.98. The van der Waals surface area contributed by atoms with Crippen molar-refractivity contribution in [3.05, 3.63) is 52.9 Å². The van der Waals surface area contributed by atoms with Gasteiger partial charge in [-0.25, -0.2) is 9.50 Å². The highest BCUT2D eigenvalue weighted by Crippen LogP contribution is 2.26. The quantitative estimate of drug-likeness (QED) is 0.751. The van der Waals surface area contributed by atoms with E-state index in [0.29, 0.717) is 10.1 Å². The topological polar surface area (TPSA) is 68.5 Å². The number of amides is 1. The lowest BCUT2D eigenvalue weighted by Crippen LogP contribution is -2.14. The van der Waals surface area contributed by atoms with Crippen LogP contribution < -0.4 is 10.1 Å². The number of anilines is 1. The van der Waals surface area contributed by atoms with Crippen molar-refractivity contribution in [2.45, 2.75) is 6.61 Å². The zero-order valence-corrected chi connectivity index (χ0v) is 13.0. The number of aromatic nitrogens is 3. The number of hydrogen-bond acceptors (Lipinski definition) is 4. The van der Waals surface area contributed by atoms with E-state index in [-0.39, 0.29) is 17.1 Å². The van der Waals surface area contributed by atoms with Gasteiger partial charge in [0.25, 0.3) is 5.91 Å². The normalized spacial score (nSPS) is 11.0. The fourth-order valence-electron chi connectivity index (χ4n) is 1.92. The molecule has 118 valence electrons. The average Bonchev–Trinajstić information content (AvgIpc) is 2.92. The minimum absolute atomic E-state index is 0.0995. The number of alkyl halides is 2. The third-order valence-corrected chi connectivity index (χ3v) is 3.28. The SMILES string of the molecule is O=C(Nc1ccccc1OC(F)F)c1cc2ncc(Br)cn2n1. The van der Waals surface area contributed by atoms with E-state index in [0.717, 1.165) is 0 Å². The van der Waals surface area contributed by atoms with Gasteiger partial charge in [0, 0.05) is 18.5 Å². The van der Waals surface area contributed by atoms with Gasteiger partial charge in [0.2, 0.25) is 0 Å². The highest BCUT2D eigenvalue weighted by Gasteiger charge is 2.15. The Morgan fingerprint density at radius 1 is 1.35 bits per heavy atom. The first kappa shape index (κ1) is 15.3. The Hall–Kier alpha value is -2.55. The molecule has 0 unspecified atom stereocenters. The second-order valence-electron chi connectivity index (χ2n) is 4.43. The molecule has 0 saturated heterocycles. The number of ether oxygens (including phenoxy) is 1. The number of para-hydroxylation sites is 2. The molecule has 23 heavy (non-hydrogen) atoms. The molecule has 1 amide bonds. The van der Waals surface area contributed by atoms with Crippen LogP contribution in [0.4, 0.5) is 14.5 Å². The number of halogens is 3. The molecule has 0 fully saturated rings. The molecule has 0 aliphatic carbocycles. The molecular formula is C14H9BrF2N4O2. The predicted molar refractivity (Wildman–Crippen MR) is 81.7 cm³/mol. The monoisotopic (exact) mass is 382 g/mol. The van der Waals surface area contributed by atoms with Crippen LogP contribution in [-0.4, -0.2) is 27.1 Å². The highest BCUT2D eigenvalue weighted by atomic mass is 79.9. The largest absolute Gasteiger partial charge is 0.433 e. The number of nitrogens with zero attached hydrogens (tertiary/aromatic N) is 3. The van der Waals surface area contributed by atoms with E-state index in [4.69, 9.17) is 0 Å². The fourth-order valence-corrected chi connectivity index (χ4v) is 2.22. The van der Waals surface area contributed by atoms with Crippen LogP contribution in [0.1, 0.15) is 10.5 Å². The first-order valence-corrected chi connectivity index (χ1v) is 7.18. The number of benzene rings is 1. The average molecular weight is 383 g/mol. The predicted octanol–water partition coefficient (Wildman–Crippen LogP) is 3.35. The van der Waals surface area contributed by atoms with Crippen molar-refractivity contribution in [3.8, 4) is 5.75 Å². The van der Waals surface area contributed by atoms with Crippen molar-refractivity contribution >= 4 is 33.2 Å². The number of fused-ring (bicyclic) bond motifs is 1. The van der Waals surface area contributed by atoms with Crippen molar-refractivity contribution in [3.63, 3.8) is 0 Å². The van der Waals surface area contributed by atoms with Crippen molar-refractivity contribution in [2.24, 2.45) is 0 Å². The Morgan fingerprint density at radius 2 is 2.13 bits per heavy atom. The van der Waals surface area contributed by atoms with Crippen LogP contribution in [0.25, 0.3) is 5.65 Å². The van der Waals surface area contributed by atoms with Crippen LogP contribution in [0.2, 0.25) is 0 Å². The summed E-state index contributed by atoms with van der Waals surface area (Å²) in [6.45, 7) is -2.98. The molecule has 1 aromatic carbocycles. The zero-order chi connectivity index (χ0) is 16.4. The molecule has 6 nitrogen and oxygen atoms in total. The Morgan fingerprint density at radius 3 is 2.91 bits per heavy atom. The summed E-state index contributed by atoms with van der Waals surface area (Å²) in [7, 11) is 0. The lowest BCUT2D eigenvalue weighted by Gasteiger charge is -2.10. The van der Waals surface area contributed by atoms with Crippen LogP contribution in [0.15, 0.2) is 47.2 Å². The Balaban J connectivity index is 1.86. The van der Waals surface area contributed by atoms with Crippen LogP contribution in [0.5, 0.6) is 5.75 Å². The lowest BCUT2D eigenvalue weighted by atomic mass is 10.3. The number of rotatable bonds is 4. The Kier molecular flexibility index (Phi) is 4.20. The van der Waals surface area contributed by atoms with E-state index in [9.17, 15) is 13.6 Å². The van der Waals surface area contributed by atoms with Crippen molar-refractivity contribution in [2.75, 3.05) is 5.32 Å². The highest BCUT2D eigenvalue weighted by molar-refractivity contribution is 9.10. The molecule has 0 saturated carbocycles. The molecule has 1 N–H and O–H groups in total. The van der Waals surface area contributed by atoms with Gasteiger partial charge in [-0.05, 0) is 28.1 Å². The van der Waals surface area contributed by atoms with Crippen LogP contribution in [0, 0.1) is 0 Å². The maximum atomic E-state index is 12.4. The van der Waals surface area contributed by atoms with Gasteiger partial charge in [-0.15, -0.1) is 0 Å². The summed E-state index contributed by atoms with van der Waals surface area (Å²) < 4.78 is 31.2. The van der Waals surface area contributed by atoms with Crippen LogP contribution >= 0.6 is 15.9 Å². The molecule has 0 bridgehead atoms. The molecular weight excluding hydrogens is 374 g/mol. The Labute approximate surface area is 137 Å². The number of carbonyl (C=O) groups is 1. The fraction of sp³-hybridized carbons (Fsp3) is 0.0714. The molecule has 3 rings (SSSR count). The number of carbonyl (C=O) groups excluding carboxylic acids is 1. The van der Waals surface area contributed by atoms with Gasteiger partial charge in [-0.1, -0.05) is 12.1 Å². The molecule has 3 aromatic rings. The lowest BCUT2D eigenvalue weighted by molar-refractivity contribution is -0.0493. The second kappa shape index (κ2) is 6.29. The molecule has 0 spiro atoms. The maximum Gasteiger partial charge on any atom is 0.387 e. The van der Waals surface area contributed by atoms with Gasteiger partial charge < -0.3 is 10.1 Å². The van der Waals surface area contributed by atoms with Gasteiger partial charge in [0.05, 0.1) is 10.2 Å². The summed E-state index contributed by atoms with van der Waals surface area (Å²) >= 11 is 3.25. The summed E-state index contributed by atoms with van der Waals surface area (Å²) in [5.74, 6) is -0.683. The van der Waals surface area contributed by atoms with Crippen molar-refractivity contribution < 1.29 is 18.3 Å². The van der Waals surface area contributed by atoms with Gasteiger partial charge in [0.15, 0.2) is 11.3 Å². The van der Waals surface area contributed by atoms with Gasteiger partial charge in [-0.3, -0.25) is 4.79 Å². The van der Waals surface area contributed by atoms with Crippen molar-refractivity contribution in [1.29, 1.82) is 0 Å². The summed E-state index contributed by atoms with van der Waals surface area (Å²) in [6, 6.07) is 7.40. The van der Waals surface area contributed by atoms with E-state index in [1.54, 1.807) is 18.5 Å². The summed E-state index contributed by atoms with van der Waals surface area (Å²) in [5.41, 5.74) is 0.710. The van der Waals surface area contributed by atoms with Gasteiger partial charge in [0.1, 0.15) is 5.75 Å². The number of hydrogen-bond donors (Lipinski definition) is 1. The number of nitrogens with one attached hydrogen (secondary N) is 1. The van der Waals surface area contributed by atoms with Gasteiger partial charge in [-0.2, -0.15) is 13.9 Å². The van der Waals surface area contributed by atoms with Gasteiger partial charge >= 0.3 is 6.61 Å². The third kappa shape index (κ3) is 3.45. The summed E-state index contributed by atoms with van der Waals surface area (Å²) in [4.78, 5) is 16.3. The summed E-state index contributed by atoms with van der Waals surface area (Å²) in [6.07, 6.45) is 3.22. The molecule has 2 aromatic heterocycles. The third-order valence-electron chi connectivity index (χ3n) is 2.87. The van der Waals surface area contributed by atoms with E-state index < -0.39 is 12.5 Å². The molecule has 0 aliphatic rings. The van der Waals surface area contributed by atoms with Crippen LogP contribution in [0.3, 0.4) is 0 Å². The minimum Gasteiger partial charge on any atom is -0.433 e. The standard InChI is InChI=1S/C14H9BrF2N4O2/c15-8-6-18-12-5-10(20-21(12)7-8)13(22)19-9-3-1-2-4-11(9)23-14(16)17/h1-7,14H,(H,19,22). The molecule has 0 aliphatic heterocycles. The zero-order valence-electron chi connectivity index (χ0n) is 11.4. The van der Waals surface area contributed by atoms with Crippen molar-refractivity contribution in [1.82, 2.24) is 14.6 Å². The smallest absolute Gasteiger partial charge is 0.387 e. The van der Waals surface area contributed by atoms with Crippen LogP contribution in [-0.2, 0) is 0 Å².